The molecule has 0 fully saturated rings. The second-order valence-electron chi connectivity index (χ2n) is 3.68. The van der Waals surface area contributed by atoms with Crippen molar-refractivity contribution in [3.8, 4) is 11.5 Å². The van der Waals surface area contributed by atoms with Gasteiger partial charge in [-0.2, -0.15) is 0 Å². The van der Waals surface area contributed by atoms with E-state index >= 15 is 0 Å². The highest BCUT2D eigenvalue weighted by atomic mass is 79.9. The summed E-state index contributed by atoms with van der Waals surface area (Å²) < 4.78 is 5.61. The molecule has 0 atom stereocenters. The van der Waals surface area contributed by atoms with Crippen molar-refractivity contribution in [3.05, 3.63) is 59.7 Å². The van der Waals surface area contributed by atoms with Gasteiger partial charge in [0.15, 0.2) is 0 Å². The molecule has 0 amide bonds. The molecule has 0 aliphatic carbocycles. The van der Waals surface area contributed by atoms with Crippen molar-refractivity contribution in [2.24, 2.45) is 0 Å². The van der Waals surface area contributed by atoms with Gasteiger partial charge < -0.3 is 9.84 Å². The van der Waals surface area contributed by atoms with Crippen molar-refractivity contribution in [1.29, 1.82) is 0 Å². The second-order valence-corrected chi connectivity index (χ2v) is 4.25. The summed E-state index contributed by atoms with van der Waals surface area (Å²) in [6, 6.07) is 14.2. The molecular weight excluding hydrogens is 296 g/mol. The van der Waals surface area contributed by atoms with Crippen LogP contribution in [0.1, 0.15) is 15.9 Å². The molecular formula is C14H11BrO3. The van der Waals surface area contributed by atoms with Gasteiger partial charge in [-0.1, -0.05) is 40.2 Å². The van der Waals surface area contributed by atoms with Crippen molar-refractivity contribution in [2.75, 3.05) is 0 Å². The van der Waals surface area contributed by atoms with Crippen LogP contribution in [-0.4, -0.2) is 11.1 Å². The summed E-state index contributed by atoms with van der Waals surface area (Å²) in [5.41, 5.74) is 1.12. The number of carbonyl (C=O) groups is 1. The quantitative estimate of drug-likeness (QED) is 0.866. The standard InChI is InChI=1S/C14H11BrO3/c15-9-10-6-7-12(14(16)17)13(8-10)18-11-4-2-1-3-5-11/h1-8H,9H2,(H,16,17). The van der Waals surface area contributed by atoms with Crippen LogP contribution in [0.15, 0.2) is 48.5 Å². The van der Waals surface area contributed by atoms with Crippen molar-refractivity contribution in [2.45, 2.75) is 5.33 Å². The van der Waals surface area contributed by atoms with Crippen LogP contribution in [-0.2, 0) is 5.33 Å². The molecule has 18 heavy (non-hydrogen) atoms. The number of para-hydroxylation sites is 1. The third-order valence-corrected chi connectivity index (χ3v) is 3.05. The van der Waals surface area contributed by atoms with E-state index in [9.17, 15) is 4.79 Å². The summed E-state index contributed by atoms with van der Waals surface area (Å²) in [6.45, 7) is 0. The van der Waals surface area contributed by atoms with Crippen LogP contribution in [0.4, 0.5) is 0 Å². The predicted octanol–water partition coefficient (Wildman–Crippen LogP) is 4.07. The van der Waals surface area contributed by atoms with E-state index in [0.29, 0.717) is 16.8 Å². The SMILES string of the molecule is O=C(O)c1ccc(CBr)cc1Oc1ccccc1. The molecule has 3 nitrogen and oxygen atoms in total. The van der Waals surface area contributed by atoms with E-state index in [1.165, 1.54) is 0 Å². The summed E-state index contributed by atoms with van der Waals surface area (Å²) in [4.78, 5) is 11.1. The number of hydrogen-bond donors (Lipinski definition) is 1. The summed E-state index contributed by atoms with van der Waals surface area (Å²) in [6.07, 6.45) is 0. The molecule has 0 bridgehead atoms. The fraction of sp³-hybridized carbons (Fsp3) is 0.0714. The summed E-state index contributed by atoms with van der Waals surface area (Å²) in [5, 5.41) is 9.77. The number of carboxylic acid groups (broad SMARTS) is 1. The zero-order chi connectivity index (χ0) is 13.0. The molecule has 0 saturated heterocycles. The number of halogens is 1. The van der Waals surface area contributed by atoms with Crippen LogP contribution in [0.5, 0.6) is 11.5 Å². The Bertz CT molecular complexity index is 552. The van der Waals surface area contributed by atoms with Crippen molar-refractivity contribution >= 4 is 21.9 Å². The lowest BCUT2D eigenvalue weighted by molar-refractivity contribution is 0.0694. The van der Waals surface area contributed by atoms with E-state index < -0.39 is 5.97 Å². The van der Waals surface area contributed by atoms with Gasteiger partial charge in [0.25, 0.3) is 0 Å². The van der Waals surface area contributed by atoms with Gasteiger partial charge >= 0.3 is 5.97 Å². The first-order chi connectivity index (χ1) is 8.70. The smallest absolute Gasteiger partial charge is 0.339 e. The molecule has 92 valence electrons. The van der Waals surface area contributed by atoms with Gasteiger partial charge in [0, 0.05) is 5.33 Å². The lowest BCUT2D eigenvalue weighted by Gasteiger charge is -2.09. The van der Waals surface area contributed by atoms with Gasteiger partial charge in [0.2, 0.25) is 0 Å². The van der Waals surface area contributed by atoms with Crippen LogP contribution in [0, 0.1) is 0 Å². The first-order valence-corrected chi connectivity index (χ1v) is 6.48. The molecule has 0 aliphatic heterocycles. The maximum Gasteiger partial charge on any atom is 0.339 e. The first-order valence-electron chi connectivity index (χ1n) is 5.36. The van der Waals surface area contributed by atoms with Gasteiger partial charge in [-0.15, -0.1) is 0 Å². The average Bonchev–Trinajstić information content (AvgIpc) is 2.39. The molecule has 2 rings (SSSR count). The molecule has 2 aromatic carbocycles. The van der Waals surface area contributed by atoms with Crippen molar-refractivity contribution < 1.29 is 14.6 Å². The van der Waals surface area contributed by atoms with Gasteiger partial charge in [0.1, 0.15) is 17.1 Å². The molecule has 0 radical (unpaired) electrons. The maximum atomic E-state index is 11.1. The van der Waals surface area contributed by atoms with Crippen LogP contribution in [0.3, 0.4) is 0 Å². The van der Waals surface area contributed by atoms with E-state index in [0.717, 1.165) is 5.56 Å². The van der Waals surface area contributed by atoms with Gasteiger partial charge in [-0.3, -0.25) is 0 Å². The first kappa shape index (κ1) is 12.6. The van der Waals surface area contributed by atoms with Crippen LogP contribution >= 0.6 is 15.9 Å². The Balaban J connectivity index is 2.38. The Labute approximate surface area is 113 Å². The van der Waals surface area contributed by atoms with E-state index in [2.05, 4.69) is 15.9 Å². The molecule has 0 aromatic heterocycles. The minimum atomic E-state index is -0.998. The van der Waals surface area contributed by atoms with Gasteiger partial charge in [-0.25, -0.2) is 4.79 Å². The lowest BCUT2D eigenvalue weighted by Crippen LogP contribution is -2.00. The fourth-order valence-electron chi connectivity index (χ4n) is 1.53. The number of rotatable bonds is 4. The minimum Gasteiger partial charge on any atom is -0.478 e. The zero-order valence-electron chi connectivity index (χ0n) is 9.47. The highest BCUT2D eigenvalue weighted by molar-refractivity contribution is 9.08. The van der Waals surface area contributed by atoms with Crippen LogP contribution < -0.4 is 4.74 Å². The third kappa shape index (κ3) is 2.90. The van der Waals surface area contributed by atoms with Gasteiger partial charge in [0.05, 0.1) is 0 Å². The molecule has 0 spiro atoms. The number of benzene rings is 2. The van der Waals surface area contributed by atoms with E-state index in [1.807, 2.05) is 18.2 Å². The third-order valence-electron chi connectivity index (χ3n) is 2.40. The average molecular weight is 307 g/mol. The number of ether oxygens (including phenoxy) is 1. The lowest BCUT2D eigenvalue weighted by atomic mass is 10.1. The summed E-state index contributed by atoms with van der Waals surface area (Å²) in [7, 11) is 0. The monoisotopic (exact) mass is 306 g/mol. The number of hydrogen-bond acceptors (Lipinski definition) is 2. The Morgan fingerprint density at radius 3 is 2.50 bits per heavy atom. The molecule has 1 N–H and O–H groups in total. The number of aromatic carboxylic acids is 1. The number of carboxylic acids is 1. The van der Waals surface area contributed by atoms with Crippen molar-refractivity contribution in [1.82, 2.24) is 0 Å². The van der Waals surface area contributed by atoms with E-state index in [4.69, 9.17) is 9.84 Å². The zero-order valence-corrected chi connectivity index (χ0v) is 11.1. The molecule has 0 unspecified atom stereocenters. The largest absolute Gasteiger partial charge is 0.478 e. The number of alkyl halides is 1. The van der Waals surface area contributed by atoms with Crippen LogP contribution in [0.2, 0.25) is 0 Å². The highest BCUT2D eigenvalue weighted by Crippen LogP contribution is 2.27. The van der Waals surface area contributed by atoms with Gasteiger partial charge in [-0.05, 0) is 29.8 Å². The second kappa shape index (κ2) is 5.69. The summed E-state index contributed by atoms with van der Waals surface area (Å²) >= 11 is 3.34. The molecule has 2 aromatic rings. The Hall–Kier alpha value is -1.81. The van der Waals surface area contributed by atoms with E-state index in [1.54, 1.807) is 30.3 Å². The van der Waals surface area contributed by atoms with Crippen molar-refractivity contribution in [3.63, 3.8) is 0 Å². The summed E-state index contributed by atoms with van der Waals surface area (Å²) in [5.74, 6) is -0.0283. The Kier molecular flexibility index (Phi) is 3.99. The Morgan fingerprint density at radius 1 is 1.17 bits per heavy atom. The topological polar surface area (TPSA) is 46.5 Å². The predicted molar refractivity (Wildman–Crippen MR) is 72.5 cm³/mol. The molecule has 0 saturated carbocycles. The molecule has 0 heterocycles. The fourth-order valence-corrected chi connectivity index (χ4v) is 1.88. The van der Waals surface area contributed by atoms with Crippen LogP contribution in [0.25, 0.3) is 0 Å². The van der Waals surface area contributed by atoms with E-state index in [-0.39, 0.29) is 5.56 Å². The molecule has 4 heteroatoms. The maximum absolute atomic E-state index is 11.1. The Morgan fingerprint density at radius 2 is 1.89 bits per heavy atom. The normalized spacial score (nSPS) is 10.1. The minimum absolute atomic E-state index is 0.156. The highest BCUT2D eigenvalue weighted by Gasteiger charge is 2.12. The molecule has 0 aliphatic rings.